The maximum atomic E-state index is 5.71. The molecule has 13 rings (SSSR count). The van der Waals surface area contributed by atoms with Crippen molar-refractivity contribution in [3.05, 3.63) is 157 Å². The molecule has 2 atom stereocenters. The molecule has 0 aliphatic carbocycles. The Morgan fingerprint density at radius 3 is 1.02 bits per heavy atom. The van der Waals surface area contributed by atoms with Crippen molar-refractivity contribution in [2.24, 2.45) is 27.1 Å². The summed E-state index contributed by atoms with van der Waals surface area (Å²) in [7, 11) is -7.35. The standard InChI is InChI=1S/C32H26N7P3.C10H10N2.Cl6N3P3/c1-3-9-23-15-29-27(13-21(23)7-1)19-40(33-29)37-41(20-28-14-22-8-2-4-10-24(22)16-30(28)34-41)39-42(38-40)35-31-17-25-11-5-6-12-26(25)18-32(31)36-42;11-9-5-7-3-1-2-4-8(7)6-10(9)12;1-10(2)7-11(3,4)9-12(5,6)8-10/h1-18,33-36H,19-20H2;1-6H,11-12H2;. The van der Waals surface area contributed by atoms with Gasteiger partial charge in [-0.2, -0.15) is 22.6 Å². The molecule has 8 aromatic rings. The predicted molar refractivity (Wildman–Crippen MR) is 298 cm³/mol. The highest BCUT2D eigenvalue weighted by molar-refractivity contribution is 8.26. The summed E-state index contributed by atoms with van der Waals surface area (Å²) in [6.45, 7) is 0. The maximum Gasteiger partial charge on any atom is 0.265 e. The number of hydrogen-bond donors (Lipinski definition) is 6. The molecule has 0 amide bonds. The van der Waals surface area contributed by atoms with Gasteiger partial charge in [-0.25, -0.2) is 4.52 Å². The lowest BCUT2D eigenvalue weighted by Gasteiger charge is -2.31. The molecule has 66 heavy (non-hydrogen) atoms. The number of rotatable bonds is 0. The van der Waals surface area contributed by atoms with Crippen LogP contribution in [-0.2, 0) is 12.3 Å². The number of nitrogens with two attached hydrogens (primary N) is 2. The first-order valence-corrected chi connectivity index (χ1v) is 36.1. The lowest BCUT2D eigenvalue weighted by molar-refractivity contribution is 1.41. The summed E-state index contributed by atoms with van der Waals surface area (Å²) in [6.07, 6.45) is 1.60. The molecule has 0 bridgehead atoms. The van der Waals surface area contributed by atoms with Gasteiger partial charge in [0.05, 0.1) is 22.7 Å². The van der Waals surface area contributed by atoms with Crippen molar-refractivity contribution >= 4 is 185 Å². The SMILES string of the molecule is ClP1(Cl)=NP(Cl)(Cl)=NP(Cl)(Cl)=N1.Nc1cc2ccccc2cc1N.c1ccc2cc3c(cc2c1)CP1(=NP2(=NP4(=N1)Nc1cc5ccccc5cc1N4)Cc1cc4ccccc4cc1N2)N3. The molecule has 12 nitrogen and oxygen atoms in total. The molecular formula is C42H36Cl6N12P6. The van der Waals surface area contributed by atoms with Gasteiger partial charge in [0.15, 0.2) is 14.7 Å². The van der Waals surface area contributed by atoms with Crippen molar-refractivity contribution in [3.8, 4) is 0 Å². The Kier molecular flexibility index (Phi) is 11.4. The fourth-order valence-electron chi connectivity index (χ4n) is 8.52. The van der Waals surface area contributed by atoms with Gasteiger partial charge in [0.1, 0.15) is 0 Å². The number of halogens is 6. The number of fused-ring (bicyclic) bond motifs is 7. The zero-order valence-electron chi connectivity index (χ0n) is 34.1. The molecule has 8 N–H and O–H groups in total. The van der Waals surface area contributed by atoms with Crippen molar-refractivity contribution in [3.63, 3.8) is 0 Å². The molecule has 5 heterocycles. The van der Waals surface area contributed by atoms with Gasteiger partial charge in [-0.3, -0.25) is 0 Å². The summed E-state index contributed by atoms with van der Waals surface area (Å²) < 4.78 is 27.9. The first-order valence-electron chi connectivity index (χ1n) is 20.2. The van der Waals surface area contributed by atoms with E-state index in [1.54, 1.807) is 0 Å². The topological polar surface area (TPSA) is 174 Å². The third-order valence-corrected chi connectivity index (χ3v) is 34.4. The fourth-order valence-corrected chi connectivity index (χ4v) is 40.5. The minimum Gasteiger partial charge on any atom is -0.397 e. The average molecular weight is 1110 g/mol. The van der Waals surface area contributed by atoms with Crippen molar-refractivity contribution in [2.75, 3.05) is 31.8 Å². The van der Waals surface area contributed by atoms with Crippen LogP contribution < -0.4 is 31.8 Å². The van der Waals surface area contributed by atoms with Crippen LogP contribution in [0.25, 0.3) is 43.1 Å². The van der Waals surface area contributed by atoms with E-state index in [0.29, 0.717) is 11.4 Å². The smallest absolute Gasteiger partial charge is 0.265 e. The number of benzene rings is 8. The molecule has 3 spiro atoms. The van der Waals surface area contributed by atoms with E-state index >= 15 is 0 Å². The second kappa shape index (κ2) is 16.7. The largest absolute Gasteiger partial charge is 0.397 e. The lowest BCUT2D eigenvalue weighted by atomic mass is 10.1. The van der Waals surface area contributed by atoms with Crippen LogP contribution in [0.1, 0.15) is 11.1 Å². The predicted octanol–water partition coefficient (Wildman–Crippen LogP) is 20.5. The number of nitrogen functional groups attached to an aromatic ring is 2. The van der Waals surface area contributed by atoms with E-state index in [4.69, 9.17) is 92.5 Å². The molecular weight excluding hydrogens is 1070 g/mol. The maximum absolute atomic E-state index is 5.71. The molecule has 24 heteroatoms. The van der Waals surface area contributed by atoms with Gasteiger partial charge in [0.2, 0.25) is 0 Å². The Hall–Kier alpha value is -3.28. The van der Waals surface area contributed by atoms with Gasteiger partial charge in [0.25, 0.3) is 25.2 Å². The molecule has 0 saturated heterocycles. The molecule has 0 fully saturated rings. The van der Waals surface area contributed by atoms with Gasteiger partial charge < -0.3 is 31.8 Å². The van der Waals surface area contributed by atoms with Crippen LogP contribution >= 0.6 is 107 Å². The van der Waals surface area contributed by atoms with E-state index in [1.807, 2.05) is 36.4 Å². The zero-order chi connectivity index (χ0) is 45.7. The van der Waals surface area contributed by atoms with Crippen LogP contribution in [0, 0.1) is 0 Å². The van der Waals surface area contributed by atoms with Crippen LogP contribution in [0.2, 0.25) is 0 Å². The summed E-state index contributed by atoms with van der Waals surface area (Å²) in [5.41, 5.74) is 19.6. The van der Waals surface area contributed by atoms with Gasteiger partial charge in [0, 0.05) is 23.7 Å². The van der Waals surface area contributed by atoms with E-state index in [0.717, 1.165) is 45.8 Å². The van der Waals surface area contributed by atoms with Crippen molar-refractivity contribution in [1.29, 1.82) is 0 Å². The number of nitrogens with zero attached hydrogens (tertiary/aromatic N) is 6. The van der Waals surface area contributed by atoms with E-state index in [2.05, 4.69) is 143 Å². The minimum atomic E-state index is -2.91. The van der Waals surface area contributed by atoms with E-state index < -0.39 is 39.9 Å². The van der Waals surface area contributed by atoms with E-state index in [1.165, 1.54) is 43.4 Å². The Morgan fingerprint density at radius 2 is 0.652 bits per heavy atom. The molecule has 0 radical (unpaired) electrons. The van der Waals surface area contributed by atoms with E-state index in [-0.39, 0.29) is 0 Å². The molecule has 5 aliphatic heterocycles. The van der Waals surface area contributed by atoms with Gasteiger partial charge in [-0.15, -0.1) is 0 Å². The van der Waals surface area contributed by atoms with Crippen molar-refractivity contribution in [2.45, 2.75) is 12.3 Å². The van der Waals surface area contributed by atoms with Crippen LogP contribution in [-0.4, -0.2) is 0 Å². The molecule has 8 aromatic carbocycles. The average Bonchev–Trinajstić information content (AvgIpc) is 3.87. The van der Waals surface area contributed by atoms with Gasteiger partial charge in [-0.05, 0) is 170 Å². The second-order valence-electron chi connectivity index (χ2n) is 16.0. The normalized spacial score (nSPS) is 22.4. The Bertz CT molecular complexity index is 3230. The van der Waals surface area contributed by atoms with Crippen molar-refractivity contribution < 1.29 is 0 Å². The first-order chi connectivity index (χ1) is 31.4. The van der Waals surface area contributed by atoms with Gasteiger partial charge >= 0.3 is 0 Å². The summed E-state index contributed by atoms with van der Waals surface area (Å²) in [6, 6.07) is 51.1. The first kappa shape index (κ1) is 45.2. The van der Waals surface area contributed by atoms with Crippen molar-refractivity contribution in [1.82, 2.24) is 0 Å². The van der Waals surface area contributed by atoms with Crippen LogP contribution in [0.4, 0.5) is 34.1 Å². The van der Waals surface area contributed by atoms with Gasteiger partial charge in [-0.1, -0.05) is 97.1 Å². The number of hydrogen-bond acceptors (Lipinski definition) is 12. The minimum absolute atomic E-state index is 0.647. The quantitative estimate of drug-likeness (QED) is 0.0651. The third-order valence-electron chi connectivity index (χ3n) is 11.2. The van der Waals surface area contributed by atoms with Crippen LogP contribution in [0.15, 0.2) is 173 Å². The lowest BCUT2D eigenvalue weighted by Crippen LogP contribution is -2.03. The highest BCUT2D eigenvalue weighted by atomic mass is 35.9. The highest BCUT2D eigenvalue weighted by Crippen LogP contribution is 2.88. The summed E-state index contributed by atoms with van der Waals surface area (Å²) in [5.74, 6) is -8.72. The molecule has 2 unspecified atom stereocenters. The molecule has 0 saturated carbocycles. The fraction of sp³-hybridized carbons (Fsp3) is 0.0476. The Morgan fingerprint density at radius 1 is 0.348 bits per heavy atom. The molecule has 0 aromatic heterocycles. The summed E-state index contributed by atoms with van der Waals surface area (Å²) in [4.78, 5) is 0. The Labute approximate surface area is 409 Å². The Balaban J connectivity index is 0.000000164. The molecule has 5 aliphatic rings. The number of anilines is 6. The van der Waals surface area contributed by atoms with E-state index in [9.17, 15) is 0 Å². The third kappa shape index (κ3) is 9.05. The highest BCUT2D eigenvalue weighted by Gasteiger charge is 2.45. The summed E-state index contributed by atoms with van der Waals surface area (Å²) >= 11 is 33.9. The molecule has 336 valence electrons. The van der Waals surface area contributed by atoms with Crippen LogP contribution in [0.3, 0.4) is 0 Å². The second-order valence-corrected chi connectivity index (χ2v) is 38.7. The van der Waals surface area contributed by atoms with Crippen LogP contribution in [0.5, 0.6) is 0 Å². The zero-order valence-corrected chi connectivity index (χ0v) is 44.0. The number of nitrogens with one attached hydrogen (secondary N) is 4. The monoisotopic (exact) mass is 1100 g/mol. The summed E-state index contributed by atoms with van der Waals surface area (Å²) in [5, 5.41) is 25.2.